The van der Waals surface area contributed by atoms with Crippen LogP contribution in [-0.2, 0) is 14.1 Å². The highest BCUT2D eigenvalue weighted by Gasteiger charge is 2.12. The summed E-state index contributed by atoms with van der Waals surface area (Å²) in [6, 6.07) is 1.67. The smallest absolute Gasteiger partial charge is 0.274 e. The lowest BCUT2D eigenvalue weighted by atomic mass is 10.3. The predicted molar refractivity (Wildman–Crippen MR) is 59.1 cm³/mol. The monoisotopic (exact) mass is 219 g/mol. The highest BCUT2D eigenvalue weighted by Crippen LogP contribution is 2.13. The van der Waals surface area contributed by atoms with Crippen molar-refractivity contribution in [3.63, 3.8) is 0 Å². The molecule has 0 bridgehead atoms. The Morgan fingerprint density at radius 2 is 2.06 bits per heavy atom. The van der Waals surface area contributed by atoms with Crippen molar-refractivity contribution >= 4 is 11.6 Å². The third-order valence-corrected chi connectivity index (χ3v) is 2.54. The Morgan fingerprint density at radius 1 is 1.31 bits per heavy atom. The fourth-order valence-electron chi connectivity index (χ4n) is 1.40. The Bertz CT molecular complexity index is 525. The van der Waals surface area contributed by atoms with E-state index in [1.54, 1.807) is 30.2 Å². The summed E-state index contributed by atoms with van der Waals surface area (Å²) in [4.78, 5) is 11.8. The van der Waals surface area contributed by atoms with Gasteiger partial charge in [-0.15, -0.1) is 0 Å². The molecule has 0 atom stereocenters. The minimum atomic E-state index is -0.184. The number of carbonyl (C=O) groups excluding carboxylic acids is 1. The lowest BCUT2D eigenvalue weighted by Crippen LogP contribution is -2.16. The maximum Gasteiger partial charge on any atom is 0.274 e. The van der Waals surface area contributed by atoms with Gasteiger partial charge in [-0.25, -0.2) is 0 Å². The summed E-state index contributed by atoms with van der Waals surface area (Å²) in [6.45, 7) is 1.89. The van der Waals surface area contributed by atoms with Gasteiger partial charge in [0.05, 0.1) is 17.6 Å². The first kappa shape index (κ1) is 10.4. The molecule has 2 aromatic heterocycles. The maximum atomic E-state index is 11.8. The van der Waals surface area contributed by atoms with Gasteiger partial charge in [0.1, 0.15) is 5.69 Å². The molecular formula is C10H13N5O. The minimum Gasteiger partial charge on any atom is -0.318 e. The summed E-state index contributed by atoms with van der Waals surface area (Å²) in [7, 11) is 3.56. The summed E-state index contributed by atoms with van der Waals surface area (Å²) in [5.74, 6) is -0.184. The van der Waals surface area contributed by atoms with Gasteiger partial charge in [-0.1, -0.05) is 0 Å². The lowest BCUT2D eigenvalue weighted by Gasteiger charge is -2.04. The molecule has 2 rings (SSSR count). The van der Waals surface area contributed by atoms with Gasteiger partial charge in [-0.3, -0.25) is 14.2 Å². The van der Waals surface area contributed by atoms with E-state index in [9.17, 15) is 4.79 Å². The van der Waals surface area contributed by atoms with Crippen molar-refractivity contribution in [2.75, 3.05) is 5.32 Å². The van der Waals surface area contributed by atoms with Crippen molar-refractivity contribution in [1.29, 1.82) is 0 Å². The van der Waals surface area contributed by atoms with Gasteiger partial charge in [-0.2, -0.15) is 10.2 Å². The van der Waals surface area contributed by atoms with Crippen LogP contribution in [0.25, 0.3) is 0 Å². The number of aromatic nitrogens is 4. The molecular weight excluding hydrogens is 206 g/mol. The van der Waals surface area contributed by atoms with Gasteiger partial charge >= 0.3 is 0 Å². The Balaban J connectivity index is 2.20. The molecule has 6 heteroatoms. The molecule has 0 unspecified atom stereocenters. The van der Waals surface area contributed by atoms with E-state index in [1.165, 1.54) is 4.68 Å². The van der Waals surface area contributed by atoms with E-state index < -0.39 is 0 Å². The zero-order valence-electron chi connectivity index (χ0n) is 9.43. The second kappa shape index (κ2) is 3.80. The average Bonchev–Trinajstić information content (AvgIpc) is 2.79. The zero-order chi connectivity index (χ0) is 11.7. The topological polar surface area (TPSA) is 64.7 Å². The first-order valence-electron chi connectivity index (χ1n) is 4.87. The molecule has 1 amide bonds. The summed E-state index contributed by atoms with van der Waals surface area (Å²) >= 11 is 0. The SMILES string of the molecule is Cc1c(NC(=O)c2ccnn2C)cnn1C. The average molecular weight is 219 g/mol. The molecule has 0 fully saturated rings. The molecule has 0 saturated carbocycles. The van der Waals surface area contributed by atoms with Crippen molar-refractivity contribution in [2.24, 2.45) is 14.1 Å². The second-order valence-corrected chi connectivity index (χ2v) is 3.56. The van der Waals surface area contributed by atoms with E-state index in [-0.39, 0.29) is 5.91 Å². The zero-order valence-corrected chi connectivity index (χ0v) is 9.43. The molecule has 0 aromatic carbocycles. The predicted octanol–water partition coefficient (Wildman–Crippen LogP) is 0.714. The number of carbonyl (C=O) groups is 1. The molecule has 2 heterocycles. The van der Waals surface area contributed by atoms with Crippen molar-refractivity contribution in [1.82, 2.24) is 19.6 Å². The molecule has 0 aliphatic heterocycles. The summed E-state index contributed by atoms with van der Waals surface area (Å²) in [5, 5.41) is 10.8. The molecule has 0 spiro atoms. The molecule has 0 saturated heterocycles. The standard InChI is InChI=1S/C10H13N5O/c1-7-8(6-12-14(7)2)13-10(16)9-4-5-11-15(9)3/h4-6H,1-3H3,(H,13,16). The number of anilines is 1. The number of hydrogen-bond acceptors (Lipinski definition) is 3. The van der Waals surface area contributed by atoms with E-state index >= 15 is 0 Å². The number of hydrogen-bond donors (Lipinski definition) is 1. The van der Waals surface area contributed by atoms with Crippen LogP contribution in [0.4, 0.5) is 5.69 Å². The molecule has 1 N–H and O–H groups in total. The lowest BCUT2D eigenvalue weighted by molar-refractivity contribution is 0.101. The number of amides is 1. The van der Waals surface area contributed by atoms with Crippen molar-refractivity contribution in [3.8, 4) is 0 Å². The quantitative estimate of drug-likeness (QED) is 0.809. The van der Waals surface area contributed by atoms with Crippen LogP contribution >= 0.6 is 0 Å². The van der Waals surface area contributed by atoms with Crippen LogP contribution < -0.4 is 5.32 Å². The number of aryl methyl sites for hydroxylation is 2. The van der Waals surface area contributed by atoms with Crippen LogP contribution in [0.2, 0.25) is 0 Å². The first-order valence-corrected chi connectivity index (χ1v) is 4.87. The van der Waals surface area contributed by atoms with Crippen LogP contribution in [-0.4, -0.2) is 25.5 Å². The molecule has 0 aliphatic carbocycles. The van der Waals surface area contributed by atoms with Crippen molar-refractivity contribution in [3.05, 3.63) is 29.8 Å². The third-order valence-electron chi connectivity index (χ3n) is 2.54. The maximum absolute atomic E-state index is 11.8. The molecule has 6 nitrogen and oxygen atoms in total. The third kappa shape index (κ3) is 1.69. The van der Waals surface area contributed by atoms with E-state index in [0.29, 0.717) is 11.4 Å². The Hall–Kier alpha value is -2.11. The Labute approximate surface area is 92.9 Å². The van der Waals surface area contributed by atoms with Crippen LogP contribution in [0.1, 0.15) is 16.2 Å². The van der Waals surface area contributed by atoms with Gasteiger partial charge in [0.15, 0.2) is 0 Å². The highest BCUT2D eigenvalue weighted by atomic mass is 16.2. The summed E-state index contributed by atoms with van der Waals surface area (Å²) < 4.78 is 3.24. The van der Waals surface area contributed by atoms with Crippen molar-refractivity contribution in [2.45, 2.75) is 6.92 Å². The number of rotatable bonds is 2. The molecule has 16 heavy (non-hydrogen) atoms. The highest BCUT2D eigenvalue weighted by molar-refractivity contribution is 6.03. The summed E-state index contributed by atoms with van der Waals surface area (Å²) in [6.07, 6.45) is 3.22. The van der Waals surface area contributed by atoms with Crippen LogP contribution in [0, 0.1) is 6.92 Å². The molecule has 2 aromatic rings. The van der Waals surface area contributed by atoms with E-state index in [1.807, 2.05) is 14.0 Å². The number of nitrogens with one attached hydrogen (secondary N) is 1. The Kier molecular flexibility index (Phi) is 2.47. The molecule has 0 radical (unpaired) electrons. The van der Waals surface area contributed by atoms with Crippen LogP contribution in [0.15, 0.2) is 18.5 Å². The number of nitrogens with zero attached hydrogens (tertiary/aromatic N) is 4. The van der Waals surface area contributed by atoms with Crippen molar-refractivity contribution < 1.29 is 4.79 Å². The fraction of sp³-hybridized carbons (Fsp3) is 0.300. The van der Waals surface area contributed by atoms with E-state index in [2.05, 4.69) is 15.5 Å². The summed E-state index contributed by atoms with van der Waals surface area (Å²) in [5.41, 5.74) is 2.15. The molecule has 84 valence electrons. The first-order chi connectivity index (χ1) is 7.59. The van der Waals surface area contributed by atoms with Gasteiger partial charge in [-0.05, 0) is 13.0 Å². The van der Waals surface area contributed by atoms with E-state index in [4.69, 9.17) is 0 Å². The van der Waals surface area contributed by atoms with E-state index in [0.717, 1.165) is 5.69 Å². The largest absolute Gasteiger partial charge is 0.318 e. The van der Waals surface area contributed by atoms with Gasteiger partial charge in [0.25, 0.3) is 5.91 Å². The van der Waals surface area contributed by atoms with Gasteiger partial charge in [0, 0.05) is 20.3 Å². The van der Waals surface area contributed by atoms with Gasteiger partial charge < -0.3 is 5.32 Å². The van der Waals surface area contributed by atoms with Crippen LogP contribution in [0.3, 0.4) is 0 Å². The molecule has 0 aliphatic rings. The Morgan fingerprint density at radius 3 is 2.56 bits per heavy atom. The normalized spacial score (nSPS) is 10.4. The fourth-order valence-corrected chi connectivity index (χ4v) is 1.40. The van der Waals surface area contributed by atoms with Gasteiger partial charge in [0.2, 0.25) is 0 Å². The van der Waals surface area contributed by atoms with Crippen LogP contribution in [0.5, 0.6) is 0 Å². The second-order valence-electron chi connectivity index (χ2n) is 3.56. The minimum absolute atomic E-state index is 0.184.